The van der Waals surface area contributed by atoms with Gasteiger partial charge < -0.3 is 15.0 Å². The number of carbonyl (C=O) groups is 1. The van der Waals surface area contributed by atoms with Crippen molar-refractivity contribution in [2.45, 2.75) is 24.8 Å². The van der Waals surface area contributed by atoms with E-state index in [-0.39, 0.29) is 12.4 Å². The molecule has 1 amide bonds. The highest BCUT2D eigenvalue weighted by Gasteiger charge is 2.46. The fourth-order valence-corrected chi connectivity index (χ4v) is 2.69. The largest absolute Gasteiger partial charge is 0.443 e. The first-order valence-corrected chi connectivity index (χ1v) is 6.72. The standard InChI is InChI=1S/C14H16F2N2O2.ClH/c15-14(16)9-20-13(19)17-12(14)10-3-5-11(6-4-10)18-7-1-2-8-18;/h3-6,12H,1-2,7-9H2,(H,17,19);1H/t12-;/m1./s1. The third-order valence-corrected chi connectivity index (χ3v) is 3.78. The summed E-state index contributed by atoms with van der Waals surface area (Å²) in [5.41, 5.74) is 1.43. The highest BCUT2D eigenvalue weighted by molar-refractivity contribution is 5.85. The summed E-state index contributed by atoms with van der Waals surface area (Å²) in [6.07, 6.45) is 1.52. The van der Waals surface area contributed by atoms with Gasteiger partial charge in [0.25, 0.3) is 0 Å². The Balaban J connectivity index is 0.00000161. The van der Waals surface area contributed by atoms with E-state index in [0.717, 1.165) is 31.6 Å². The molecule has 116 valence electrons. The molecule has 0 aliphatic carbocycles. The van der Waals surface area contributed by atoms with E-state index in [9.17, 15) is 13.6 Å². The van der Waals surface area contributed by atoms with E-state index in [1.54, 1.807) is 12.1 Å². The average molecular weight is 319 g/mol. The Labute approximate surface area is 127 Å². The summed E-state index contributed by atoms with van der Waals surface area (Å²) in [6.45, 7) is 1.13. The second-order valence-corrected chi connectivity index (χ2v) is 5.20. The molecule has 2 aliphatic rings. The van der Waals surface area contributed by atoms with Gasteiger partial charge >= 0.3 is 12.0 Å². The zero-order valence-electron chi connectivity index (χ0n) is 11.4. The molecule has 1 aromatic carbocycles. The fraction of sp³-hybridized carbons (Fsp3) is 0.500. The minimum atomic E-state index is -3.09. The van der Waals surface area contributed by atoms with Gasteiger partial charge in [0.15, 0.2) is 6.61 Å². The van der Waals surface area contributed by atoms with Gasteiger partial charge in [-0.25, -0.2) is 13.6 Å². The molecule has 2 aliphatic heterocycles. The van der Waals surface area contributed by atoms with E-state index in [1.165, 1.54) is 0 Å². The maximum atomic E-state index is 13.8. The number of rotatable bonds is 2. The number of benzene rings is 1. The van der Waals surface area contributed by atoms with Crippen LogP contribution in [-0.4, -0.2) is 31.7 Å². The van der Waals surface area contributed by atoms with Crippen molar-refractivity contribution >= 4 is 24.2 Å². The van der Waals surface area contributed by atoms with Gasteiger partial charge in [-0.05, 0) is 30.5 Å². The number of cyclic esters (lactones) is 1. The molecular formula is C14H17ClF2N2O2. The summed E-state index contributed by atoms with van der Waals surface area (Å²) in [4.78, 5) is 13.4. The van der Waals surface area contributed by atoms with E-state index < -0.39 is 24.7 Å². The van der Waals surface area contributed by atoms with Crippen LogP contribution in [0, 0.1) is 0 Å². The molecule has 0 spiro atoms. The van der Waals surface area contributed by atoms with E-state index in [2.05, 4.69) is 15.0 Å². The molecule has 0 unspecified atom stereocenters. The van der Waals surface area contributed by atoms with Crippen LogP contribution in [0.4, 0.5) is 19.3 Å². The second-order valence-electron chi connectivity index (χ2n) is 5.20. The number of carbonyl (C=O) groups excluding carboxylic acids is 1. The summed E-state index contributed by atoms with van der Waals surface area (Å²) < 4.78 is 31.9. The lowest BCUT2D eigenvalue weighted by Gasteiger charge is -2.32. The number of amides is 1. The fourth-order valence-electron chi connectivity index (χ4n) is 2.69. The molecule has 3 rings (SSSR count). The zero-order valence-corrected chi connectivity index (χ0v) is 12.2. The lowest BCUT2D eigenvalue weighted by atomic mass is 10.00. The quantitative estimate of drug-likeness (QED) is 0.911. The van der Waals surface area contributed by atoms with Gasteiger partial charge in [-0.3, -0.25) is 0 Å². The molecule has 2 heterocycles. The number of hydrogen-bond acceptors (Lipinski definition) is 3. The molecule has 0 radical (unpaired) electrons. The highest BCUT2D eigenvalue weighted by Crippen LogP contribution is 2.35. The van der Waals surface area contributed by atoms with Crippen LogP contribution in [0.2, 0.25) is 0 Å². The maximum Gasteiger partial charge on any atom is 0.408 e. The van der Waals surface area contributed by atoms with Crippen LogP contribution >= 0.6 is 12.4 Å². The van der Waals surface area contributed by atoms with Crippen LogP contribution in [0.15, 0.2) is 24.3 Å². The zero-order chi connectivity index (χ0) is 14.2. The number of halogens is 3. The predicted octanol–water partition coefficient (Wildman–Crippen LogP) is 3.12. The Morgan fingerprint density at radius 2 is 1.81 bits per heavy atom. The molecule has 1 N–H and O–H groups in total. The molecule has 21 heavy (non-hydrogen) atoms. The first kappa shape index (κ1) is 15.8. The van der Waals surface area contributed by atoms with Gasteiger partial charge in [-0.1, -0.05) is 12.1 Å². The van der Waals surface area contributed by atoms with Crippen LogP contribution in [0.25, 0.3) is 0 Å². The van der Waals surface area contributed by atoms with Crippen molar-refractivity contribution in [3.8, 4) is 0 Å². The van der Waals surface area contributed by atoms with Crippen molar-refractivity contribution in [3.63, 3.8) is 0 Å². The Kier molecular flexibility index (Phi) is 4.56. The van der Waals surface area contributed by atoms with E-state index in [4.69, 9.17) is 0 Å². The van der Waals surface area contributed by atoms with Crippen molar-refractivity contribution in [2.24, 2.45) is 0 Å². The summed E-state index contributed by atoms with van der Waals surface area (Å²) in [5.74, 6) is -3.09. The molecule has 2 fully saturated rings. The summed E-state index contributed by atoms with van der Waals surface area (Å²) in [5, 5.41) is 2.19. The molecular weight excluding hydrogens is 302 g/mol. The first-order chi connectivity index (χ1) is 9.56. The van der Waals surface area contributed by atoms with Crippen molar-refractivity contribution in [1.29, 1.82) is 0 Å². The molecule has 0 bridgehead atoms. The van der Waals surface area contributed by atoms with Crippen molar-refractivity contribution in [2.75, 3.05) is 24.6 Å². The number of alkyl halides is 2. The normalized spacial score (nSPS) is 24.0. The predicted molar refractivity (Wildman–Crippen MR) is 77.3 cm³/mol. The Morgan fingerprint density at radius 3 is 2.43 bits per heavy atom. The topological polar surface area (TPSA) is 41.6 Å². The van der Waals surface area contributed by atoms with Crippen LogP contribution in [0.5, 0.6) is 0 Å². The number of nitrogens with one attached hydrogen (secondary N) is 1. The van der Waals surface area contributed by atoms with Gasteiger partial charge in [0.1, 0.15) is 6.04 Å². The van der Waals surface area contributed by atoms with Gasteiger partial charge in [0.2, 0.25) is 0 Å². The van der Waals surface area contributed by atoms with Crippen molar-refractivity contribution in [3.05, 3.63) is 29.8 Å². The van der Waals surface area contributed by atoms with Gasteiger partial charge in [0.05, 0.1) is 0 Å². The number of hydrogen-bond donors (Lipinski definition) is 1. The van der Waals surface area contributed by atoms with E-state index in [1.807, 2.05) is 12.1 Å². The summed E-state index contributed by atoms with van der Waals surface area (Å²) in [6, 6.07) is 5.64. The molecule has 2 saturated heterocycles. The highest BCUT2D eigenvalue weighted by atomic mass is 35.5. The number of nitrogens with zero attached hydrogens (tertiary/aromatic N) is 1. The van der Waals surface area contributed by atoms with Crippen LogP contribution < -0.4 is 10.2 Å². The van der Waals surface area contributed by atoms with Crippen molar-refractivity contribution in [1.82, 2.24) is 5.32 Å². The lowest BCUT2D eigenvalue weighted by Crippen LogP contribution is -2.49. The lowest BCUT2D eigenvalue weighted by molar-refractivity contribution is -0.104. The molecule has 7 heteroatoms. The Hall–Kier alpha value is -1.56. The SMILES string of the molecule is Cl.O=C1N[C@H](c2ccc(N3CCCC3)cc2)C(F)(F)CO1. The van der Waals surface area contributed by atoms with Gasteiger partial charge in [-0.2, -0.15) is 0 Å². The van der Waals surface area contributed by atoms with Gasteiger partial charge in [-0.15, -0.1) is 12.4 Å². The minimum absolute atomic E-state index is 0. The smallest absolute Gasteiger partial charge is 0.408 e. The van der Waals surface area contributed by atoms with Crippen molar-refractivity contribution < 1.29 is 18.3 Å². The number of ether oxygens (including phenoxy) is 1. The average Bonchev–Trinajstić information content (AvgIpc) is 2.96. The Bertz CT molecular complexity index is 504. The third kappa shape index (κ3) is 3.20. The minimum Gasteiger partial charge on any atom is -0.443 e. The molecule has 4 nitrogen and oxygen atoms in total. The van der Waals surface area contributed by atoms with Gasteiger partial charge in [0, 0.05) is 18.8 Å². The second kappa shape index (κ2) is 6.05. The third-order valence-electron chi connectivity index (χ3n) is 3.78. The molecule has 1 atom stereocenters. The molecule has 0 saturated carbocycles. The number of alkyl carbamates (subject to hydrolysis) is 1. The Morgan fingerprint density at radius 1 is 1.19 bits per heavy atom. The number of anilines is 1. The van der Waals surface area contributed by atoms with E-state index >= 15 is 0 Å². The molecule has 1 aromatic rings. The van der Waals surface area contributed by atoms with Crippen LogP contribution in [-0.2, 0) is 4.74 Å². The maximum absolute atomic E-state index is 13.8. The van der Waals surface area contributed by atoms with Crippen LogP contribution in [0.3, 0.4) is 0 Å². The van der Waals surface area contributed by atoms with Crippen LogP contribution in [0.1, 0.15) is 24.4 Å². The molecule has 0 aromatic heterocycles. The monoisotopic (exact) mass is 318 g/mol. The summed E-state index contributed by atoms with van der Waals surface area (Å²) >= 11 is 0. The van der Waals surface area contributed by atoms with E-state index in [0.29, 0.717) is 5.56 Å². The summed E-state index contributed by atoms with van der Waals surface area (Å²) in [7, 11) is 0. The first-order valence-electron chi connectivity index (χ1n) is 6.72.